The van der Waals surface area contributed by atoms with Gasteiger partial charge in [-0.05, 0) is 36.6 Å². The van der Waals surface area contributed by atoms with Gasteiger partial charge < -0.3 is 20.1 Å². The molecule has 2 N–H and O–H groups in total. The molecular formula is C26H33IN6O. The Morgan fingerprint density at radius 3 is 2.56 bits per heavy atom. The van der Waals surface area contributed by atoms with Crippen molar-refractivity contribution in [2.45, 2.75) is 39.3 Å². The smallest absolute Gasteiger partial charge is 0.227 e. The first kappa shape index (κ1) is 25.7. The molecule has 8 heteroatoms. The maximum Gasteiger partial charge on any atom is 0.227 e. The van der Waals surface area contributed by atoms with Crippen LogP contribution in [0.15, 0.2) is 72.0 Å². The van der Waals surface area contributed by atoms with Gasteiger partial charge in [0.25, 0.3) is 0 Å². The molecule has 1 fully saturated rings. The van der Waals surface area contributed by atoms with Crippen molar-refractivity contribution in [3.63, 3.8) is 0 Å². The van der Waals surface area contributed by atoms with Crippen molar-refractivity contribution >= 4 is 41.5 Å². The number of rotatable bonds is 9. The second-order valence-corrected chi connectivity index (χ2v) is 8.14. The van der Waals surface area contributed by atoms with Crippen LogP contribution in [0.3, 0.4) is 0 Å². The van der Waals surface area contributed by atoms with E-state index in [1.165, 1.54) is 5.56 Å². The summed E-state index contributed by atoms with van der Waals surface area (Å²) in [4.78, 5) is 23.0. The Labute approximate surface area is 218 Å². The fourth-order valence-corrected chi connectivity index (χ4v) is 4.00. The van der Waals surface area contributed by atoms with Crippen molar-refractivity contribution < 1.29 is 4.79 Å². The molecule has 34 heavy (non-hydrogen) atoms. The van der Waals surface area contributed by atoms with E-state index >= 15 is 0 Å². The Hall–Kier alpha value is -2.88. The van der Waals surface area contributed by atoms with E-state index in [9.17, 15) is 4.79 Å². The zero-order valence-corrected chi connectivity index (χ0v) is 21.9. The zero-order valence-electron chi connectivity index (χ0n) is 19.6. The number of aromatic nitrogens is 2. The topological polar surface area (TPSA) is 74.6 Å². The van der Waals surface area contributed by atoms with Crippen LogP contribution < -0.4 is 15.5 Å². The summed E-state index contributed by atoms with van der Waals surface area (Å²) >= 11 is 0. The highest BCUT2D eigenvalue weighted by Crippen LogP contribution is 2.21. The van der Waals surface area contributed by atoms with Crippen LogP contribution in [0.4, 0.5) is 5.69 Å². The lowest BCUT2D eigenvalue weighted by molar-refractivity contribution is -0.117. The summed E-state index contributed by atoms with van der Waals surface area (Å²) in [5.41, 5.74) is 3.35. The molecule has 7 nitrogen and oxygen atoms in total. The van der Waals surface area contributed by atoms with Gasteiger partial charge in [-0.2, -0.15) is 0 Å². The molecular weight excluding hydrogens is 539 g/mol. The number of imidazole rings is 1. The Balaban J connectivity index is 0.00000324. The molecule has 0 unspecified atom stereocenters. The van der Waals surface area contributed by atoms with Crippen LogP contribution in [0.1, 0.15) is 36.7 Å². The second-order valence-electron chi connectivity index (χ2n) is 8.14. The van der Waals surface area contributed by atoms with Crippen molar-refractivity contribution in [2.24, 2.45) is 4.99 Å². The van der Waals surface area contributed by atoms with Crippen LogP contribution >= 0.6 is 24.0 Å². The molecule has 1 aliphatic heterocycles. The summed E-state index contributed by atoms with van der Waals surface area (Å²) in [7, 11) is 0. The number of carbonyl (C=O) groups excluding carboxylic acids is 1. The molecule has 1 amide bonds. The first-order valence-corrected chi connectivity index (χ1v) is 11.7. The average Bonchev–Trinajstić information content (AvgIpc) is 3.47. The van der Waals surface area contributed by atoms with E-state index in [4.69, 9.17) is 4.99 Å². The quantitative estimate of drug-likeness (QED) is 0.231. The number of benzene rings is 2. The van der Waals surface area contributed by atoms with Gasteiger partial charge in [0.1, 0.15) is 5.82 Å². The molecule has 1 aromatic heterocycles. The summed E-state index contributed by atoms with van der Waals surface area (Å²) in [5, 5.41) is 6.72. The van der Waals surface area contributed by atoms with Crippen molar-refractivity contribution in [2.75, 3.05) is 24.5 Å². The Morgan fingerprint density at radius 2 is 1.85 bits per heavy atom. The molecule has 0 spiro atoms. The number of hydrogen-bond donors (Lipinski definition) is 2. The minimum atomic E-state index is 0. The fourth-order valence-electron chi connectivity index (χ4n) is 4.00. The fraction of sp³-hybridized carbons (Fsp3) is 0.346. The van der Waals surface area contributed by atoms with Gasteiger partial charge in [-0.3, -0.25) is 4.79 Å². The third-order valence-electron chi connectivity index (χ3n) is 5.72. The molecule has 180 valence electrons. The number of hydrogen-bond acceptors (Lipinski definition) is 3. The predicted octanol–water partition coefficient (Wildman–Crippen LogP) is 3.97. The number of carbonyl (C=O) groups is 1. The van der Waals surface area contributed by atoms with Crippen LogP contribution in [-0.2, 0) is 24.3 Å². The highest BCUT2D eigenvalue weighted by atomic mass is 127. The zero-order chi connectivity index (χ0) is 22.9. The van der Waals surface area contributed by atoms with Gasteiger partial charge in [-0.15, -0.1) is 24.0 Å². The van der Waals surface area contributed by atoms with E-state index in [2.05, 4.69) is 51.4 Å². The van der Waals surface area contributed by atoms with Crippen LogP contribution in [0.5, 0.6) is 0 Å². The number of nitrogens with one attached hydrogen (secondary N) is 2. The third-order valence-corrected chi connectivity index (χ3v) is 5.72. The van der Waals surface area contributed by atoms with Gasteiger partial charge in [0, 0.05) is 57.1 Å². The monoisotopic (exact) mass is 572 g/mol. The number of amides is 1. The van der Waals surface area contributed by atoms with E-state index in [1.54, 1.807) is 0 Å². The molecule has 3 aromatic rings. The van der Waals surface area contributed by atoms with E-state index < -0.39 is 0 Å². The largest absolute Gasteiger partial charge is 0.357 e. The lowest BCUT2D eigenvalue weighted by atomic mass is 10.2. The lowest BCUT2D eigenvalue weighted by Gasteiger charge is -2.16. The second kappa shape index (κ2) is 13.1. The molecule has 4 rings (SSSR count). The third kappa shape index (κ3) is 7.06. The van der Waals surface area contributed by atoms with Gasteiger partial charge in [0.15, 0.2) is 5.96 Å². The molecule has 0 aliphatic carbocycles. The molecule has 1 aliphatic rings. The van der Waals surface area contributed by atoms with Crippen LogP contribution in [-0.4, -0.2) is 41.1 Å². The van der Waals surface area contributed by atoms with Crippen molar-refractivity contribution in [1.82, 2.24) is 20.2 Å². The molecule has 0 bridgehead atoms. The summed E-state index contributed by atoms with van der Waals surface area (Å²) in [5.74, 6) is 2.05. The van der Waals surface area contributed by atoms with Crippen molar-refractivity contribution in [1.29, 1.82) is 0 Å². The molecule has 2 aromatic carbocycles. The van der Waals surface area contributed by atoms with Gasteiger partial charge >= 0.3 is 0 Å². The molecule has 0 saturated carbocycles. The van der Waals surface area contributed by atoms with Crippen LogP contribution in [0.25, 0.3) is 0 Å². The number of nitrogens with zero attached hydrogens (tertiary/aromatic N) is 4. The SMILES string of the molecule is CCNC(=NCc1ccc(N2CCCC2=O)cc1)NCCc1nccn1Cc1ccccc1.I. The maximum atomic E-state index is 11.9. The average molecular weight is 572 g/mol. The van der Waals surface area contributed by atoms with Gasteiger partial charge in [-0.25, -0.2) is 9.98 Å². The standard InChI is InChI=1S/C26H32N6O.HI/c1-2-27-26(30-19-21-10-12-23(13-11-21)32-17-6-9-25(32)33)29-15-14-24-28-16-18-31(24)20-22-7-4-3-5-8-22;/h3-5,7-8,10-13,16,18H,2,6,9,14-15,17,19-20H2,1H3,(H2,27,29,30);1H. The highest BCUT2D eigenvalue weighted by Gasteiger charge is 2.21. The molecule has 0 radical (unpaired) electrons. The van der Waals surface area contributed by atoms with E-state index in [0.717, 1.165) is 62.1 Å². The lowest BCUT2D eigenvalue weighted by Crippen LogP contribution is -2.38. The number of anilines is 1. The summed E-state index contributed by atoms with van der Waals surface area (Å²) in [6, 6.07) is 18.6. The Kier molecular flexibility index (Phi) is 9.93. The van der Waals surface area contributed by atoms with Gasteiger partial charge in [0.2, 0.25) is 5.91 Å². The number of guanidine groups is 1. The Morgan fingerprint density at radius 1 is 1.06 bits per heavy atom. The van der Waals surface area contributed by atoms with E-state index in [-0.39, 0.29) is 29.9 Å². The molecule has 1 saturated heterocycles. The maximum absolute atomic E-state index is 11.9. The number of aliphatic imine (C=N–C) groups is 1. The first-order chi connectivity index (χ1) is 16.2. The molecule has 2 heterocycles. The van der Waals surface area contributed by atoms with Gasteiger partial charge in [-0.1, -0.05) is 42.5 Å². The minimum absolute atomic E-state index is 0. The predicted molar refractivity (Wildman–Crippen MR) is 148 cm³/mol. The summed E-state index contributed by atoms with van der Waals surface area (Å²) in [6.07, 6.45) is 6.28. The van der Waals surface area contributed by atoms with Gasteiger partial charge in [0.05, 0.1) is 6.54 Å². The normalized spacial score (nSPS) is 13.6. The number of halogens is 1. The summed E-state index contributed by atoms with van der Waals surface area (Å²) in [6.45, 7) is 5.81. The van der Waals surface area contributed by atoms with E-state index in [0.29, 0.717) is 13.0 Å². The first-order valence-electron chi connectivity index (χ1n) is 11.7. The summed E-state index contributed by atoms with van der Waals surface area (Å²) < 4.78 is 2.19. The van der Waals surface area contributed by atoms with Crippen LogP contribution in [0.2, 0.25) is 0 Å². The molecule has 0 atom stereocenters. The Bertz CT molecular complexity index is 1060. The highest BCUT2D eigenvalue weighted by molar-refractivity contribution is 14.0. The van der Waals surface area contributed by atoms with Crippen molar-refractivity contribution in [3.05, 3.63) is 83.9 Å². The van der Waals surface area contributed by atoms with Crippen LogP contribution in [0, 0.1) is 0 Å². The van der Waals surface area contributed by atoms with E-state index in [1.807, 2.05) is 47.6 Å². The van der Waals surface area contributed by atoms with Crippen molar-refractivity contribution in [3.8, 4) is 0 Å². The minimum Gasteiger partial charge on any atom is -0.357 e.